The molecule has 1 atom stereocenters. The number of hydrogen-bond acceptors (Lipinski definition) is 5. The lowest BCUT2D eigenvalue weighted by molar-refractivity contribution is -0.384. The molecule has 0 aromatic heterocycles. The molecule has 5 N–H and O–H groups in total. The Hall–Kier alpha value is -3.47. The van der Waals surface area contributed by atoms with Crippen molar-refractivity contribution in [3.63, 3.8) is 0 Å². The van der Waals surface area contributed by atoms with Crippen LogP contribution < -0.4 is 21.9 Å². The summed E-state index contributed by atoms with van der Waals surface area (Å²) in [6.07, 6.45) is -0.200. The molecule has 11 heteroatoms. The van der Waals surface area contributed by atoms with Crippen molar-refractivity contribution in [3.8, 4) is 0 Å². The molecule has 0 radical (unpaired) electrons. The van der Waals surface area contributed by atoms with Gasteiger partial charge in [-0.05, 0) is 23.8 Å². The zero-order chi connectivity index (χ0) is 20.7. The van der Waals surface area contributed by atoms with Crippen LogP contribution in [-0.4, -0.2) is 22.8 Å². The first-order valence-electron chi connectivity index (χ1n) is 7.91. The van der Waals surface area contributed by atoms with Crippen LogP contribution in [-0.2, 0) is 4.79 Å². The summed E-state index contributed by atoms with van der Waals surface area (Å²) in [5.74, 6) is -1.32. The molecular weight excluding hydrogens is 434 g/mol. The standard InChI is InChI=1S/C17H16BrN5O5/c18-12-5-1-3-10(7-12)14(20-17(19)26)9-15(24)21-22-16(25)11-4-2-6-13(8-11)23(27)28/h1-8,14H,9H2,(H,21,24)(H,22,25)(H3,19,20,26). The average Bonchev–Trinajstić information content (AvgIpc) is 2.65. The molecule has 4 amide bonds. The quantitative estimate of drug-likeness (QED) is 0.391. The number of hydrogen-bond donors (Lipinski definition) is 4. The highest BCUT2D eigenvalue weighted by molar-refractivity contribution is 9.10. The number of primary amides is 1. The number of nitro groups is 1. The van der Waals surface area contributed by atoms with Crippen LogP contribution in [0.4, 0.5) is 10.5 Å². The average molecular weight is 450 g/mol. The van der Waals surface area contributed by atoms with Crippen LogP contribution in [0.25, 0.3) is 0 Å². The SMILES string of the molecule is NC(=O)NC(CC(=O)NNC(=O)c1cccc([N+](=O)[O-])c1)c1cccc(Br)c1. The van der Waals surface area contributed by atoms with Gasteiger partial charge in [0.1, 0.15) is 0 Å². The molecule has 0 aliphatic rings. The summed E-state index contributed by atoms with van der Waals surface area (Å²) in [5, 5.41) is 13.2. The minimum Gasteiger partial charge on any atom is -0.352 e. The van der Waals surface area contributed by atoms with Gasteiger partial charge in [-0.15, -0.1) is 0 Å². The van der Waals surface area contributed by atoms with Crippen molar-refractivity contribution < 1.29 is 19.3 Å². The minimum atomic E-state index is -0.807. The lowest BCUT2D eigenvalue weighted by Crippen LogP contribution is -2.44. The van der Waals surface area contributed by atoms with Crippen LogP contribution in [0.5, 0.6) is 0 Å². The molecule has 10 nitrogen and oxygen atoms in total. The Bertz CT molecular complexity index is 920. The van der Waals surface area contributed by atoms with Gasteiger partial charge in [-0.25, -0.2) is 4.79 Å². The third-order valence-electron chi connectivity index (χ3n) is 3.59. The Morgan fingerprint density at radius 1 is 1.11 bits per heavy atom. The third-order valence-corrected chi connectivity index (χ3v) is 4.08. The van der Waals surface area contributed by atoms with Crippen molar-refractivity contribution in [2.45, 2.75) is 12.5 Å². The molecule has 146 valence electrons. The van der Waals surface area contributed by atoms with Crippen LogP contribution >= 0.6 is 15.9 Å². The monoisotopic (exact) mass is 449 g/mol. The number of nitrogens with zero attached hydrogens (tertiary/aromatic N) is 1. The Morgan fingerprint density at radius 3 is 2.46 bits per heavy atom. The molecule has 1 unspecified atom stereocenters. The number of hydrazine groups is 1. The highest BCUT2D eigenvalue weighted by atomic mass is 79.9. The molecule has 2 aromatic rings. The van der Waals surface area contributed by atoms with Crippen molar-refractivity contribution in [3.05, 3.63) is 74.2 Å². The summed E-state index contributed by atoms with van der Waals surface area (Å²) < 4.78 is 0.751. The van der Waals surface area contributed by atoms with E-state index in [-0.39, 0.29) is 17.7 Å². The maximum Gasteiger partial charge on any atom is 0.312 e. The first kappa shape index (κ1) is 20.8. The Labute approximate surface area is 167 Å². The topological polar surface area (TPSA) is 156 Å². The van der Waals surface area contributed by atoms with Gasteiger partial charge in [0.25, 0.3) is 11.6 Å². The summed E-state index contributed by atoms with van der Waals surface area (Å²) in [6, 6.07) is 10.5. The van der Waals surface area contributed by atoms with E-state index in [1.807, 2.05) is 0 Å². The van der Waals surface area contributed by atoms with Gasteiger partial charge < -0.3 is 11.1 Å². The van der Waals surface area contributed by atoms with Crippen LogP contribution in [0.1, 0.15) is 28.4 Å². The molecule has 0 aliphatic carbocycles. The first-order chi connectivity index (χ1) is 13.3. The highest BCUT2D eigenvalue weighted by Gasteiger charge is 2.19. The Kier molecular flexibility index (Phi) is 7.04. The van der Waals surface area contributed by atoms with Crippen LogP contribution in [0, 0.1) is 10.1 Å². The van der Waals surface area contributed by atoms with E-state index in [1.54, 1.807) is 24.3 Å². The van der Waals surface area contributed by atoms with Crippen molar-refractivity contribution in [2.24, 2.45) is 5.73 Å². The van der Waals surface area contributed by atoms with E-state index in [2.05, 4.69) is 32.1 Å². The summed E-state index contributed by atoms with van der Waals surface area (Å²) in [7, 11) is 0. The van der Waals surface area contributed by atoms with Gasteiger partial charge in [-0.3, -0.25) is 30.6 Å². The van der Waals surface area contributed by atoms with Gasteiger partial charge in [0, 0.05) is 22.2 Å². The number of carbonyl (C=O) groups is 3. The number of amides is 4. The van der Waals surface area contributed by atoms with Gasteiger partial charge in [0.15, 0.2) is 0 Å². The molecule has 0 saturated heterocycles. The molecule has 2 aromatic carbocycles. The molecule has 2 rings (SSSR count). The number of benzene rings is 2. The van der Waals surface area contributed by atoms with E-state index in [1.165, 1.54) is 18.2 Å². The fraction of sp³-hybridized carbons (Fsp3) is 0.118. The number of carbonyl (C=O) groups excluding carboxylic acids is 3. The van der Waals surface area contributed by atoms with E-state index in [4.69, 9.17) is 5.73 Å². The second-order valence-electron chi connectivity index (χ2n) is 5.63. The van der Waals surface area contributed by atoms with Crippen molar-refractivity contribution in [1.82, 2.24) is 16.2 Å². The summed E-state index contributed by atoms with van der Waals surface area (Å²) in [6.45, 7) is 0. The summed E-state index contributed by atoms with van der Waals surface area (Å²) in [5.41, 5.74) is 9.93. The number of halogens is 1. The molecule has 28 heavy (non-hydrogen) atoms. The maximum absolute atomic E-state index is 12.2. The van der Waals surface area contributed by atoms with E-state index < -0.39 is 28.8 Å². The number of rotatable bonds is 6. The van der Waals surface area contributed by atoms with Gasteiger partial charge in [0.05, 0.1) is 17.4 Å². The third kappa shape index (κ3) is 6.06. The number of nitrogens with two attached hydrogens (primary N) is 1. The molecule has 0 aliphatic heterocycles. The second-order valence-corrected chi connectivity index (χ2v) is 6.55. The van der Waals surface area contributed by atoms with Crippen LogP contribution in [0.15, 0.2) is 53.0 Å². The Morgan fingerprint density at radius 2 is 1.82 bits per heavy atom. The van der Waals surface area contributed by atoms with Crippen molar-refractivity contribution in [1.29, 1.82) is 0 Å². The van der Waals surface area contributed by atoms with Gasteiger partial charge in [0.2, 0.25) is 5.91 Å². The van der Waals surface area contributed by atoms with E-state index in [9.17, 15) is 24.5 Å². The fourth-order valence-corrected chi connectivity index (χ4v) is 2.76. The molecule has 0 saturated carbocycles. The highest BCUT2D eigenvalue weighted by Crippen LogP contribution is 2.21. The maximum atomic E-state index is 12.2. The van der Waals surface area contributed by atoms with E-state index in [0.717, 1.165) is 10.5 Å². The summed E-state index contributed by atoms with van der Waals surface area (Å²) in [4.78, 5) is 45.6. The lowest BCUT2D eigenvalue weighted by Gasteiger charge is -2.18. The van der Waals surface area contributed by atoms with Gasteiger partial charge >= 0.3 is 6.03 Å². The first-order valence-corrected chi connectivity index (χ1v) is 8.70. The molecule has 0 fully saturated rings. The van der Waals surface area contributed by atoms with Gasteiger partial charge in [-0.2, -0.15) is 0 Å². The number of non-ortho nitro benzene ring substituents is 1. The van der Waals surface area contributed by atoms with Crippen molar-refractivity contribution >= 4 is 39.5 Å². The zero-order valence-electron chi connectivity index (χ0n) is 14.3. The summed E-state index contributed by atoms with van der Waals surface area (Å²) >= 11 is 3.31. The smallest absolute Gasteiger partial charge is 0.312 e. The molecule has 0 heterocycles. The molecule has 0 bridgehead atoms. The van der Waals surface area contributed by atoms with E-state index in [0.29, 0.717) is 5.56 Å². The number of nitro benzene ring substituents is 1. The predicted octanol–water partition coefficient (Wildman–Crippen LogP) is 1.92. The minimum absolute atomic E-state index is 0.00769. The zero-order valence-corrected chi connectivity index (χ0v) is 15.9. The largest absolute Gasteiger partial charge is 0.352 e. The normalized spacial score (nSPS) is 11.2. The van der Waals surface area contributed by atoms with Crippen LogP contribution in [0.3, 0.4) is 0 Å². The number of nitrogens with one attached hydrogen (secondary N) is 3. The lowest BCUT2D eigenvalue weighted by atomic mass is 10.0. The van der Waals surface area contributed by atoms with Crippen molar-refractivity contribution in [2.75, 3.05) is 0 Å². The predicted molar refractivity (Wildman–Crippen MR) is 103 cm³/mol. The second kappa shape index (κ2) is 9.46. The van der Waals surface area contributed by atoms with Gasteiger partial charge in [-0.1, -0.05) is 34.1 Å². The molecular formula is C17H16BrN5O5. The Balaban J connectivity index is 2.00. The van der Waals surface area contributed by atoms with E-state index >= 15 is 0 Å². The fourth-order valence-electron chi connectivity index (χ4n) is 2.34. The number of urea groups is 1. The molecule has 0 spiro atoms. The van der Waals surface area contributed by atoms with Crippen LogP contribution in [0.2, 0.25) is 0 Å².